The second-order valence-corrected chi connectivity index (χ2v) is 10.2. The smallest absolute Gasteiger partial charge is 0.308 e. The van der Waals surface area contributed by atoms with Gasteiger partial charge in [-0.3, -0.25) is 4.79 Å². The van der Waals surface area contributed by atoms with Crippen LogP contribution in [0, 0.1) is 0 Å². The van der Waals surface area contributed by atoms with Crippen LogP contribution in [0.5, 0.6) is 5.75 Å². The first-order chi connectivity index (χ1) is 21.8. The van der Waals surface area contributed by atoms with Crippen molar-refractivity contribution in [2.24, 2.45) is 0 Å². The van der Waals surface area contributed by atoms with Crippen LogP contribution in [0.25, 0.3) is 0 Å². The third-order valence-corrected chi connectivity index (χ3v) is 6.48. The Hall–Kier alpha value is -1.79. The Morgan fingerprint density at radius 1 is 0.500 bits per heavy atom. The molecule has 10 heteroatoms. The Kier molecular flexibility index (Phi) is 29.8. The van der Waals surface area contributed by atoms with Crippen molar-refractivity contribution in [2.75, 3.05) is 106 Å². The number of rotatable bonds is 34. The summed E-state index contributed by atoms with van der Waals surface area (Å²) in [7, 11) is 0. The summed E-state index contributed by atoms with van der Waals surface area (Å²) >= 11 is 0. The minimum Gasteiger partial charge on any atom is -0.491 e. The molecule has 0 radical (unpaired) electrons. The highest BCUT2D eigenvalue weighted by atomic mass is 16.6. The van der Waals surface area contributed by atoms with Gasteiger partial charge >= 0.3 is 5.97 Å². The molecule has 0 N–H and O–H groups in total. The summed E-state index contributed by atoms with van der Waals surface area (Å²) in [4.78, 5) is 11.2. The van der Waals surface area contributed by atoms with Gasteiger partial charge in [0.05, 0.1) is 106 Å². The minimum absolute atomic E-state index is 0.245. The van der Waals surface area contributed by atoms with Crippen molar-refractivity contribution in [1.29, 1.82) is 0 Å². The van der Waals surface area contributed by atoms with Gasteiger partial charge < -0.3 is 42.6 Å². The van der Waals surface area contributed by atoms with E-state index in [9.17, 15) is 4.79 Å². The summed E-state index contributed by atoms with van der Waals surface area (Å²) in [6.45, 7) is 11.8. The molecule has 0 heterocycles. The highest BCUT2D eigenvalue weighted by Gasteiger charge is 2.01. The minimum atomic E-state index is -0.245. The zero-order chi connectivity index (χ0) is 31.6. The maximum absolute atomic E-state index is 11.2. The molecular weight excluding hydrogens is 568 g/mol. The largest absolute Gasteiger partial charge is 0.491 e. The maximum atomic E-state index is 11.2. The number of benzene rings is 1. The molecule has 0 saturated carbocycles. The zero-order valence-corrected chi connectivity index (χ0v) is 27.6. The Bertz CT molecular complexity index is 731. The van der Waals surface area contributed by atoms with Crippen LogP contribution < -0.4 is 4.74 Å². The number of carbonyl (C=O) groups is 1. The van der Waals surface area contributed by atoms with Crippen molar-refractivity contribution >= 4 is 5.97 Å². The third-order valence-electron chi connectivity index (χ3n) is 6.48. The van der Waals surface area contributed by atoms with Crippen molar-refractivity contribution in [3.8, 4) is 5.75 Å². The molecular formula is C34H60O10. The van der Waals surface area contributed by atoms with Gasteiger partial charge in [-0.25, -0.2) is 0 Å². The predicted molar refractivity (Wildman–Crippen MR) is 171 cm³/mol. The zero-order valence-electron chi connectivity index (χ0n) is 27.6. The van der Waals surface area contributed by atoms with E-state index < -0.39 is 0 Å². The fourth-order valence-electron chi connectivity index (χ4n) is 4.07. The topological polar surface area (TPSA) is 100 Å². The molecule has 0 amide bonds. The molecule has 0 bridgehead atoms. The van der Waals surface area contributed by atoms with Crippen molar-refractivity contribution in [3.05, 3.63) is 29.8 Å². The highest BCUT2D eigenvalue weighted by Crippen LogP contribution is 2.15. The summed E-state index contributed by atoms with van der Waals surface area (Å²) < 4.78 is 48.8. The van der Waals surface area contributed by atoms with Crippen molar-refractivity contribution in [2.45, 2.75) is 71.6 Å². The van der Waals surface area contributed by atoms with Gasteiger partial charge in [0.15, 0.2) is 0 Å². The van der Waals surface area contributed by atoms with Gasteiger partial charge in [0.2, 0.25) is 0 Å². The molecule has 0 aromatic heterocycles. The lowest BCUT2D eigenvalue weighted by Gasteiger charge is -2.09. The van der Waals surface area contributed by atoms with Crippen molar-refractivity contribution in [1.82, 2.24) is 0 Å². The quantitative estimate of drug-likeness (QED) is 0.0726. The fourth-order valence-corrected chi connectivity index (χ4v) is 4.07. The molecule has 1 aromatic rings. The Morgan fingerprint density at radius 3 is 1.36 bits per heavy atom. The van der Waals surface area contributed by atoms with Crippen LogP contribution in [0.1, 0.15) is 70.8 Å². The van der Waals surface area contributed by atoms with Gasteiger partial charge in [0.1, 0.15) is 12.4 Å². The van der Waals surface area contributed by atoms with E-state index in [2.05, 4.69) is 31.2 Å². The van der Waals surface area contributed by atoms with E-state index in [0.717, 1.165) is 12.2 Å². The predicted octanol–water partition coefficient (Wildman–Crippen LogP) is 5.43. The fraction of sp³-hybridized carbons (Fsp3) is 0.794. The lowest BCUT2D eigenvalue weighted by molar-refractivity contribution is -0.144. The van der Waals surface area contributed by atoms with Crippen molar-refractivity contribution in [3.63, 3.8) is 0 Å². The van der Waals surface area contributed by atoms with E-state index >= 15 is 0 Å². The van der Waals surface area contributed by atoms with Crippen LogP contribution in [0.2, 0.25) is 0 Å². The lowest BCUT2D eigenvalue weighted by atomic mass is 10.0. The highest BCUT2D eigenvalue weighted by molar-refractivity contribution is 5.69. The second kappa shape index (κ2) is 32.6. The van der Waals surface area contributed by atoms with E-state index in [1.807, 2.05) is 0 Å². The van der Waals surface area contributed by atoms with E-state index in [4.69, 9.17) is 42.6 Å². The molecule has 256 valence electrons. The first-order valence-electron chi connectivity index (χ1n) is 16.7. The molecule has 1 aromatic carbocycles. The number of unbranched alkanes of at least 4 members (excludes halogenated alkanes) is 6. The number of ether oxygens (including phenoxy) is 9. The van der Waals surface area contributed by atoms with Crippen LogP contribution in [-0.2, 0) is 49.1 Å². The number of carbonyl (C=O) groups excluding carboxylic acids is 1. The van der Waals surface area contributed by atoms with Crippen LogP contribution in [0.4, 0.5) is 0 Å². The number of hydrogen-bond donors (Lipinski definition) is 0. The molecule has 0 aliphatic heterocycles. The normalized spacial score (nSPS) is 11.2. The third kappa shape index (κ3) is 27.7. The van der Waals surface area contributed by atoms with Gasteiger partial charge in [-0.05, 0) is 37.5 Å². The van der Waals surface area contributed by atoms with Gasteiger partial charge in [-0.2, -0.15) is 0 Å². The Morgan fingerprint density at radius 2 is 0.909 bits per heavy atom. The van der Waals surface area contributed by atoms with Crippen LogP contribution in [0.3, 0.4) is 0 Å². The second-order valence-electron chi connectivity index (χ2n) is 10.2. The molecule has 10 nitrogen and oxygen atoms in total. The van der Waals surface area contributed by atoms with E-state index in [-0.39, 0.29) is 12.4 Å². The van der Waals surface area contributed by atoms with E-state index in [1.165, 1.54) is 50.5 Å². The van der Waals surface area contributed by atoms with E-state index in [0.29, 0.717) is 106 Å². The molecule has 0 saturated heterocycles. The molecule has 0 atom stereocenters. The molecule has 44 heavy (non-hydrogen) atoms. The first-order valence-corrected chi connectivity index (χ1v) is 16.7. The number of esters is 1. The Balaban J connectivity index is 1.74. The number of hydrogen-bond acceptors (Lipinski definition) is 10. The summed E-state index contributed by atoms with van der Waals surface area (Å²) in [5.41, 5.74) is 1.38. The van der Waals surface area contributed by atoms with Crippen LogP contribution in [-0.4, -0.2) is 112 Å². The molecule has 0 spiro atoms. The summed E-state index contributed by atoms with van der Waals surface area (Å²) in [6.07, 6.45) is 10.8. The van der Waals surface area contributed by atoms with Gasteiger partial charge in [0, 0.05) is 0 Å². The van der Waals surface area contributed by atoms with Crippen LogP contribution in [0.15, 0.2) is 24.3 Å². The Labute approximate surface area is 266 Å². The maximum Gasteiger partial charge on any atom is 0.308 e. The first kappa shape index (κ1) is 40.2. The lowest BCUT2D eigenvalue weighted by Crippen LogP contribution is -2.15. The molecule has 0 aliphatic carbocycles. The summed E-state index contributed by atoms with van der Waals surface area (Å²) in [6, 6.07) is 8.44. The van der Waals surface area contributed by atoms with Gasteiger partial charge in [-0.15, -0.1) is 0 Å². The van der Waals surface area contributed by atoms with Gasteiger partial charge in [-0.1, -0.05) is 57.6 Å². The molecule has 0 unspecified atom stereocenters. The monoisotopic (exact) mass is 628 g/mol. The average Bonchev–Trinajstić information content (AvgIpc) is 3.03. The molecule has 1 rings (SSSR count). The SMILES string of the molecule is CCCCCCCCCc1ccc(OCCOCCOCCOCCOCCOCCOCCOCCC(=O)OCC)cc1. The van der Waals surface area contributed by atoms with Crippen molar-refractivity contribution < 1.29 is 47.4 Å². The van der Waals surface area contributed by atoms with E-state index in [1.54, 1.807) is 6.92 Å². The molecule has 0 fully saturated rings. The molecule has 0 aliphatic rings. The van der Waals surface area contributed by atoms with Gasteiger partial charge in [0.25, 0.3) is 0 Å². The summed E-state index contributed by atoms with van der Waals surface area (Å²) in [5.74, 6) is 0.639. The summed E-state index contributed by atoms with van der Waals surface area (Å²) in [5, 5.41) is 0. The van der Waals surface area contributed by atoms with Crippen LogP contribution >= 0.6 is 0 Å². The standard InChI is InChI=1S/C34H60O10/c1-3-5-6-7-8-9-10-11-32-12-14-33(15-13-32)44-31-30-42-29-28-41-27-26-40-25-24-39-23-22-38-21-20-37-19-18-36-17-16-34(35)43-4-2/h12-15H,3-11,16-31H2,1-2H3. The average molecular weight is 629 g/mol. The number of aryl methyl sites for hydroxylation is 1.